The average molecular weight is 271 g/mol. The molecule has 1 aliphatic rings. The normalized spacial score (nSPS) is 17.4. The monoisotopic (exact) mass is 270 g/mol. The maximum Gasteiger partial charge on any atom is 0.313 e. The van der Waals surface area contributed by atoms with Crippen LogP contribution in [0.4, 0.5) is 5.69 Å². The highest BCUT2D eigenvalue weighted by atomic mass is 35.5. The molecule has 0 unspecified atom stereocenters. The minimum Gasteiger partial charge on any atom is -0.347 e. The van der Waals surface area contributed by atoms with Gasteiger partial charge in [-0.2, -0.15) is 11.8 Å². The van der Waals surface area contributed by atoms with E-state index in [-0.39, 0.29) is 0 Å². The third kappa shape index (κ3) is 3.94. The van der Waals surface area contributed by atoms with Crippen LogP contribution >= 0.6 is 23.4 Å². The Balaban J connectivity index is 1.84. The number of hydrogen-bond donors (Lipinski definition) is 2. The Bertz CT molecular complexity index is 449. The van der Waals surface area contributed by atoms with Crippen LogP contribution in [0.25, 0.3) is 0 Å². The third-order valence-corrected chi connectivity index (χ3v) is 3.39. The van der Waals surface area contributed by atoms with Crippen molar-refractivity contribution in [3.8, 4) is 0 Å². The van der Waals surface area contributed by atoms with Gasteiger partial charge in [0.2, 0.25) is 0 Å². The van der Waals surface area contributed by atoms with E-state index in [0.29, 0.717) is 22.5 Å². The molecule has 1 heterocycles. The Labute approximate surface area is 108 Å². The van der Waals surface area contributed by atoms with Crippen LogP contribution in [-0.2, 0) is 9.59 Å². The smallest absolute Gasteiger partial charge is 0.313 e. The molecule has 2 amide bonds. The van der Waals surface area contributed by atoms with E-state index in [1.54, 1.807) is 36.0 Å². The molecule has 0 radical (unpaired) electrons. The van der Waals surface area contributed by atoms with Crippen molar-refractivity contribution < 1.29 is 9.59 Å². The van der Waals surface area contributed by atoms with Crippen LogP contribution in [0.2, 0.25) is 5.02 Å². The summed E-state index contributed by atoms with van der Waals surface area (Å²) in [6.45, 7) is 0.548. The van der Waals surface area contributed by atoms with Gasteiger partial charge >= 0.3 is 11.8 Å². The van der Waals surface area contributed by atoms with Crippen molar-refractivity contribution in [2.75, 3.05) is 17.6 Å². The Hall–Kier alpha value is -1.20. The van der Waals surface area contributed by atoms with Gasteiger partial charge in [-0.25, -0.2) is 0 Å². The van der Waals surface area contributed by atoms with E-state index in [0.717, 1.165) is 5.75 Å². The van der Waals surface area contributed by atoms with Crippen molar-refractivity contribution in [2.45, 2.75) is 5.25 Å². The molecule has 0 bridgehead atoms. The molecule has 4 nitrogen and oxygen atoms in total. The molecule has 0 aliphatic carbocycles. The summed E-state index contributed by atoms with van der Waals surface area (Å²) in [4.78, 5) is 22.9. The zero-order valence-electron chi connectivity index (χ0n) is 8.90. The molecule has 2 rings (SSSR count). The number of rotatable bonds is 3. The first kappa shape index (κ1) is 12.3. The van der Waals surface area contributed by atoms with Crippen molar-refractivity contribution in [3.63, 3.8) is 0 Å². The average Bonchev–Trinajstić information content (AvgIpc) is 3.09. The van der Waals surface area contributed by atoms with Crippen LogP contribution in [0.1, 0.15) is 0 Å². The van der Waals surface area contributed by atoms with Gasteiger partial charge in [-0.3, -0.25) is 9.59 Å². The van der Waals surface area contributed by atoms with E-state index in [1.807, 2.05) is 0 Å². The largest absolute Gasteiger partial charge is 0.347 e. The minimum atomic E-state index is -0.669. The van der Waals surface area contributed by atoms with Crippen molar-refractivity contribution in [2.24, 2.45) is 0 Å². The standard InChI is InChI=1S/C11H11ClN2O2S/c12-7-2-1-3-8(4-7)14-11(16)10(15)13-5-9-6-17-9/h1-4,9H,5-6H2,(H,13,15)(H,14,16)/t9-/m1/s1. The van der Waals surface area contributed by atoms with Gasteiger partial charge in [-0.05, 0) is 18.2 Å². The summed E-state index contributed by atoms with van der Waals surface area (Å²) < 4.78 is 0. The summed E-state index contributed by atoms with van der Waals surface area (Å²) in [5, 5.41) is 6.04. The highest BCUT2D eigenvalue weighted by Crippen LogP contribution is 2.28. The van der Waals surface area contributed by atoms with Crippen LogP contribution in [-0.4, -0.2) is 29.4 Å². The van der Waals surface area contributed by atoms with Gasteiger partial charge in [-0.15, -0.1) is 0 Å². The first-order valence-electron chi connectivity index (χ1n) is 5.11. The zero-order valence-corrected chi connectivity index (χ0v) is 10.5. The number of anilines is 1. The Morgan fingerprint density at radius 1 is 1.41 bits per heavy atom. The third-order valence-electron chi connectivity index (χ3n) is 2.18. The molecule has 1 aliphatic heterocycles. The molecule has 0 saturated carbocycles. The molecular formula is C11H11ClN2O2S. The predicted molar refractivity (Wildman–Crippen MR) is 69.3 cm³/mol. The molecule has 1 saturated heterocycles. The first-order valence-corrected chi connectivity index (χ1v) is 6.54. The van der Waals surface area contributed by atoms with Gasteiger partial charge in [0.15, 0.2) is 0 Å². The lowest BCUT2D eigenvalue weighted by Crippen LogP contribution is -2.37. The van der Waals surface area contributed by atoms with Gasteiger partial charge in [-0.1, -0.05) is 17.7 Å². The lowest BCUT2D eigenvalue weighted by Gasteiger charge is -2.05. The molecular weight excluding hydrogens is 260 g/mol. The Kier molecular flexibility index (Phi) is 3.91. The van der Waals surface area contributed by atoms with E-state index in [4.69, 9.17) is 11.6 Å². The number of carbonyl (C=O) groups is 2. The lowest BCUT2D eigenvalue weighted by molar-refractivity contribution is -0.136. The fourth-order valence-corrected chi connectivity index (χ4v) is 1.87. The SMILES string of the molecule is O=C(NC[C@@H]1CS1)C(=O)Nc1cccc(Cl)c1. The zero-order chi connectivity index (χ0) is 12.3. The van der Waals surface area contributed by atoms with E-state index >= 15 is 0 Å². The fraction of sp³-hybridized carbons (Fsp3) is 0.273. The van der Waals surface area contributed by atoms with Gasteiger partial charge in [0.25, 0.3) is 0 Å². The summed E-state index contributed by atoms with van der Waals surface area (Å²) >= 11 is 7.53. The van der Waals surface area contributed by atoms with Gasteiger partial charge in [0.1, 0.15) is 0 Å². The van der Waals surface area contributed by atoms with Crippen molar-refractivity contribution >= 4 is 40.9 Å². The second-order valence-corrected chi connectivity index (χ2v) is 5.40. The highest BCUT2D eigenvalue weighted by Gasteiger charge is 2.24. The summed E-state index contributed by atoms with van der Waals surface area (Å²) in [6.07, 6.45) is 0. The molecule has 1 atom stereocenters. The van der Waals surface area contributed by atoms with Gasteiger partial charge < -0.3 is 10.6 Å². The Morgan fingerprint density at radius 2 is 2.18 bits per heavy atom. The van der Waals surface area contributed by atoms with E-state index in [2.05, 4.69) is 10.6 Å². The summed E-state index contributed by atoms with van der Waals surface area (Å²) in [5.41, 5.74) is 0.512. The van der Waals surface area contributed by atoms with Crippen molar-refractivity contribution in [1.82, 2.24) is 5.32 Å². The second kappa shape index (κ2) is 5.42. The van der Waals surface area contributed by atoms with Crippen LogP contribution < -0.4 is 10.6 Å². The highest BCUT2D eigenvalue weighted by molar-refractivity contribution is 8.06. The van der Waals surface area contributed by atoms with E-state index in [9.17, 15) is 9.59 Å². The fourth-order valence-electron chi connectivity index (χ4n) is 1.23. The van der Waals surface area contributed by atoms with E-state index < -0.39 is 11.8 Å². The number of thioether (sulfide) groups is 1. The summed E-state index contributed by atoms with van der Waals surface area (Å²) in [7, 11) is 0. The molecule has 2 N–H and O–H groups in total. The summed E-state index contributed by atoms with van der Waals surface area (Å²) in [6, 6.07) is 6.66. The summed E-state index contributed by atoms with van der Waals surface area (Å²) in [5.74, 6) is -0.230. The maximum absolute atomic E-state index is 11.5. The van der Waals surface area contributed by atoms with Gasteiger partial charge in [0, 0.05) is 28.3 Å². The molecule has 1 fully saturated rings. The maximum atomic E-state index is 11.5. The number of halogens is 1. The van der Waals surface area contributed by atoms with Crippen molar-refractivity contribution in [1.29, 1.82) is 0 Å². The molecule has 0 aromatic heterocycles. The van der Waals surface area contributed by atoms with E-state index in [1.165, 1.54) is 0 Å². The van der Waals surface area contributed by atoms with Crippen LogP contribution in [0.5, 0.6) is 0 Å². The number of carbonyl (C=O) groups excluding carboxylic acids is 2. The number of benzene rings is 1. The predicted octanol–water partition coefficient (Wildman–Crippen LogP) is 1.51. The number of hydrogen-bond acceptors (Lipinski definition) is 3. The number of nitrogens with one attached hydrogen (secondary N) is 2. The molecule has 1 aromatic carbocycles. The molecule has 1 aromatic rings. The molecule has 90 valence electrons. The van der Waals surface area contributed by atoms with Crippen molar-refractivity contribution in [3.05, 3.63) is 29.3 Å². The molecule has 17 heavy (non-hydrogen) atoms. The van der Waals surface area contributed by atoms with Gasteiger partial charge in [0.05, 0.1) is 0 Å². The van der Waals surface area contributed by atoms with Crippen LogP contribution in [0.15, 0.2) is 24.3 Å². The lowest BCUT2D eigenvalue weighted by atomic mass is 10.3. The molecule has 0 spiro atoms. The minimum absolute atomic E-state index is 0.470. The number of amides is 2. The van der Waals surface area contributed by atoms with Crippen LogP contribution in [0, 0.1) is 0 Å². The Morgan fingerprint density at radius 3 is 2.82 bits per heavy atom. The quantitative estimate of drug-likeness (QED) is 0.647. The molecule has 6 heteroatoms. The second-order valence-electron chi connectivity index (χ2n) is 3.63. The van der Waals surface area contributed by atoms with Crippen LogP contribution in [0.3, 0.4) is 0 Å². The topological polar surface area (TPSA) is 58.2 Å². The first-order chi connectivity index (χ1) is 8.15.